The summed E-state index contributed by atoms with van der Waals surface area (Å²) in [6.45, 7) is 1.75. The molecule has 0 spiro atoms. The molecule has 0 saturated carbocycles. The number of furan rings is 1. The van der Waals surface area contributed by atoms with Crippen LogP contribution in [-0.4, -0.2) is 31.0 Å². The molecule has 0 saturated heterocycles. The highest BCUT2D eigenvalue weighted by atomic mass is 16.5. The maximum atomic E-state index is 12.0. The van der Waals surface area contributed by atoms with Gasteiger partial charge in [-0.1, -0.05) is 10.4 Å². The number of hydrogen-bond acceptors (Lipinski definition) is 7. The van der Waals surface area contributed by atoms with Gasteiger partial charge in [0.2, 0.25) is 11.7 Å². The van der Waals surface area contributed by atoms with Crippen LogP contribution in [0.15, 0.2) is 45.5 Å². The zero-order valence-corrected chi connectivity index (χ0v) is 13.5. The smallest absolute Gasteiger partial charge is 0.287 e. The van der Waals surface area contributed by atoms with E-state index in [-0.39, 0.29) is 11.7 Å². The van der Waals surface area contributed by atoms with Crippen LogP contribution in [0.3, 0.4) is 0 Å². The largest absolute Gasteiger partial charge is 0.459 e. The van der Waals surface area contributed by atoms with Crippen LogP contribution in [0, 0.1) is 0 Å². The molecule has 3 aromatic heterocycles. The number of aromatic nitrogens is 5. The molecule has 0 radical (unpaired) electrons. The Bertz CT molecular complexity index is 1030. The first-order valence-corrected chi connectivity index (χ1v) is 7.59. The van der Waals surface area contributed by atoms with Crippen molar-refractivity contribution in [2.45, 2.75) is 13.0 Å². The normalized spacial score (nSPS) is 12.4. The van der Waals surface area contributed by atoms with E-state index in [1.165, 1.54) is 6.26 Å². The second-order valence-corrected chi connectivity index (χ2v) is 5.55. The standard InChI is InChI=1S/C16H14N6O3/c1-9(17-15(23)13-4-3-7-24-13)16-18-14(20-25-16)10-5-6-12-11(8-10)19-21-22(12)2/h3-9H,1-2H3,(H,17,23). The molecule has 0 aliphatic rings. The van der Waals surface area contributed by atoms with Crippen molar-refractivity contribution in [2.24, 2.45) is 7.05 Å². The van der Waals surface area contributed by atoms with E-state index < -0.39 is 6.04 Å². The molecule has 9 heteroatoms. The zero-order chi connectivity index (χ0) is 17.4. The van der Waals surface area contributed by atoms with Crippen LogP contribution < -0.4 is 5.32 Å². The number of carbonyl (C=O) groups excluding carboxylic acids is 1. The summed E-state index contributed by atoms with van der Waals surface area (Å²) >= 11 is 0. The average molecular weight is 338 g/mol. The summed E-state index contributed by atoms with van der Waals surface area (Å²) < 4.78 is 12.0. The van der Waals surface area contributed by atoms with Gasteiger partial charge in [-0.3, -0.25) is 4.79 Å². The molecule has 25 heavy (non-hydrogen) atoms. The molecule has 1 N–H and O–H groups in total. The molecular formula is C16H14N6O3. The van der Waals surface area contributed by atoms with E-state index >= 15 is 0 Å². The van der Waals surface area contributed by atoms with Gasteiger partial charge < -0.3 is 14.3 Å². The minimum absolute atomic E-state index is 0.222. The second kappa shape index (κ2) is 5.86. The Kier molecular flexibility index (Phi) is 3.53. The third kappa shape index (κ3) is 2.75. The Morgan fingerprint density at radius 3 is 3.00 bits per heavy atom. The minimum Gasteiger partial charge on any atom is -0.459 e. The number of hydrogen-bond donors (Lipinski definition) is 1. The fraction of sp³-hybridized carbons (Fsp3) is 0.188. The summed E-state index contributed by atoms with van der Waals surface area (Å²) in [6, 6.07) is 8.36. The van der Waals surface area contributed by atoms with Crippen molar-refractivity contribution in [3.63, 3.8) is 0 Å². The molecule has 0 fully saturated rings. The second-order valence-electron chi connectivity index (χ2n) is 5.55. The maximum Gasteiger partial charge on any atom is 0.287 e. The molecule has 1 amide bonds. The van der Waals surface area contributed by atoms with Gasteiger partial charge in [-0.2, -0.15) is 4.98 Å². The Balaban J connectivity index is 1.55. The number of nitrogens with one attached hydrogen (secondary N) is 1. The molecule has 1 unspecified atom stereocenters. The first-order valence-electron chi connectivity index (χ1n) is 7.59. The molecular weight excluding hydrogens is 324 g/mol. The van der Waals surface area contributed by atoms with Crippen molar-refractivity contribution in [3.05, 3.63) is 48.2 Å². The number of fused-ring (bicyclic) bond motifs is 1. The van der Waals surface area contributed by atoms with E-state index in [2.05, 4.69) is 25.8 Å². The number of amides is 1. The number of carbonyl (C=O) groups is 1. The van der Waals surface area contributed by atoms with Gasteiger partial charge >= 0.3 is 0 Å². The van der Waals surface area contributed by atoms with Gasteiger partial charge in [0.05, 0.1) is 11.8 Å². The molecule has 0 bridgehead atoms. The quantitative estimate of drug-likeness (QED) is 0.606. The van der Waals surface area contributed by atoms with Gasteiger partial charge in [-0.15, -0.1) is 5.10 Å². The average Bonchev–Trinajstić information content (AvgIpc) is 3.36. The summed E-state index contributed by atoms with van der Waals surface area (Å²) in [5.74, 6) is 0.591. The third-order valence-electron chi connectivity index (χ3n) is 3.77. The van der Waals surface area contributed by atoms with E-state index in [9.17, 15) is 4.79 Å². The number of rotatable bonds is 4. The number of nitrogens with zero attached hydrogens (tertiary/aromatic N) is 5. The fourth-order valence-corrected chi connectivity index (χ4v) is 2.45. The van der Waals surface area contributed by atoms with Crippen molar-refractivity contribution in [2.75, 3.05) is 0 Å². The highest BCUT2D eigenvalue weighted by Crippen LogP contribution is 2.22. The maximum absolute atomic E-state index is 12.0. The highest BCUT2D eigenvalue weighted by Gasteiger charge is 2.19. The van der Waals surface area contributed by atoms with Crippen LogP contribution in [0.1, 0.15) is 29.4 Å². The molecule has 0 aliphatic heterocycles. The Hall–Kier alpha value is -3.49. The molecule has 9 nitrogen and oxygen atoms in total. The van der Waals surface area contributed by atoms with Gasteiger partial charge in [0, 0.05) is 12.6 Å². The van der Waals surface area contributed by atoms with Crippen LogP contribution in [0.4, 0.5) is 0 Å². The van der Waals surface area contributed by atoms with E-state index in [1.54, 1.807) is 23.7 Å². The van der Waals surface area contributed by atoms with Crippen molar-refractivity contribution in [1.82, 2.24) is 30.5 Å². The summed E-state index contributed by atoms with van der Waals surface area (Å²) in [7, 11) is 1.82. The lowest BCUT2D eigenvalue weighted by molar-refractivity contribution is 0.0904. The molecule has 126 valence electrons. The van der Waals surface area contributed by atoms with Gasteiger partial charge in [-0.05, 0) is 37.3 Å². The summed E-state index contributed by atoms with van der Waals surface area (Å²) in [5.41, 5.74) is 2.41. The zero-order valence-electron chi connectivity index (χ0n) is 13.5. The molecule has 0 aliphatic carbocycles. The Morgan fingerprint density at radius 1 is 1.32 bits per heavy atom. The topological polar surface area (TPSA) is 112 Å². The van der Waals surface area contributed by atoms with Crippen LogP contribution >= 0.6 is 0 Å². The van der Waals surface area contributed by atoms with Crippen LogP contribution in [-0.2, 0) is 7.05 Å². The van der Waals surface area contributed by atoms with E-state index in [4.69, 9.17) is 8.94 Å². The lowest BCUT2D eigenvalue weighted by atomic mass is 10.2. The summed E-state index contributed by atoms with van der Waals surface area (Å²) in [5, 5.41) is 14.8. The first kappa shape index (κ1) is 15.1. The van der Waals surface area contributed by atoms with Crippen molar-refractivity contribution < 1.29 is 13.7 Å². The van der Waals surface area contributed by atoms with Crippen molar-refractivity contribution in [3.8, 4) is 11.4 Å². The summed E-state index contributed by atoms with van der Waals surface area (Å²) in [6.07, 6.45) is 1.44. The van der Waals surface area contributed by atoms with Crippen LogP contribution in [0.25, 0.3) is 22.4 Å². The molecule has 4 rings (SSSR count). The monoisotopic (exact) mass is 338 g/mol. The molecule has 1 atom stereocenters. The van der Waals surface area contributed by atoms with Gasteiger partial charge in [-0.25, -0.2) is 4.68 Å². The van der Waals surface area contributed by atoms with Crippen molar-refractivity contribution in [1.29, 1.82) is 0 Å². The minimum atomic E-state index is -0.459. The molecule has 4 aromatic rings. The Morgan fingerprint density at radius 2 is 2.20 bits per heavy atom. The molecule has 3 heterocycles. The van der Waals surface area contributed by atoms with Crippen molar-refractivity contribution >= 4 is 16.9 Å². The van der Waals surface area contributed by atoms with Crippen LogP contribution in [0.5, 0.6) is 0 Å². The molecule has 1 aromatic carbocycles. The van der Waals surface area contributed by atoms with E-state index in [0.717, 1.165) is 16.6 Å². The number of aryl methyl sites for hydroxylation is 1. The van der Waals surface area contributed by atoms with E-state index in [1.807, 2.05) is 25.2 Å². The van der Waals surface area contributed by atoms with E-state index in [0.29, 0.717) is 11.7 Å². The first-order chi connectivity index (χ1) is 12.1. The predicted molar refractivity (Wildman–Crippen MR) is 86.4 cm³/mol. The highest BCUT2D eigenvalue weighted by molar-refractivity contribution is 5.91. The van der Waals surface area contributed by atoms with Gasteiger partial charge in [0.15, 0.2) is 5.76 Å². The summed E-state index contributed by atoms with van der Waals surface area (Å²) in [4.78, 5) is 16.4. The van der Waals surface area contributed by atoms with Gasteiger partial charge in [0.25, 0.3) is 5.91 Å². The SMILES string of the molecule is CC(NC(=O)c1ccco1)c1nc(-c2ccc3c(c2)nnn3C)no1. The third-order valence-corrected chi connectivity index (χ3v) is 3.77. The number of benzene rings is 1. The van der Waals surface area contributed by atoms with Gasteiger partial charge in [0.1, 0.15) is 11.6 Å². The predicted octanol–water partition coefficient (Wildman–Crippen LogP) is 2.10. The fourth-order valence-electron chi connectivity index (χ4n) is 2.45. The lowest BCUT2D eigenvalue weighted by Gasteiger charge is -2.07. The Labute approximate surface area is 141 Å². The lowest BCUT2D eigenvalue weighted by Crippen LogP contribution is -2.26. The van der Waals surface area contributed by atoms with Crippen LogP contribution in [0.2, 0.25) is 0 Å².